The molecule has 0 radical (unpaired) electrons. The number of hydrogen-bond acceptors (Lipinski definition) is 3. The molecule has 2 aliphatic heterocycles. The lowest BCUT2D eigenvalue weighted by molar-refractivity contribution is -0.121. The Bertz CT molecular complexity index is 472. The van der Waals surface area contributed by atoms with Crippen molar-refractivity contribution in [2.75, 3.05) is 18.4 Å². The standard InChI is InChI=1S/C15H21N3O.ClH/c16-12-7-9-18(10-8-12)14-6-5-11-3-1-2-4-13(11)17-15(14)19;/h1-4,12,14H,5-10,16H2,(H,17,19);1H. The highest BCUT2D eigenvalue weighted by molar-refractivity contribution is 5.96. The minimum Gasteiger partial charge on any atom is -0.328 e. The zero-order valence-corrected chi connectivity index (χ0v) is 12.4. The minimum absolute atomic E-state index is 0. The Morgan fingerprint density at radius 3 is 2.60 bits per heavy atom. The molecule has 2 heterocycles. The minimum atomic E-state index is -0.0000926. The summed E-state index contributed by atoms with van der Waals surface area (Å²) in [5.74, 6) is 0.139. The fourth-order valence-corrected chi connectivity index (χ4v) is 3.08. The third-order valence-corrected chi connectivity index (χ3v) is 4.28. The van der Waals surface area contributed by atoms with E-state index in [0.717, 1.165) is 44.5 Å². The van der Waals surface area contributed by atoms with Crippen LogP contribution in [0.25, 0.3) is 0 Å². The van der Waals surface area contributed by atoms with Crippen LogP contribution in [0.15, 0.2) is 24.3 Å². The van der Waals surface area contributed by atoms with Crippen LogP contribution < -0.4 is 11.1 Å². The van der Waals surface area contributed by atoms with Gasteiger partial charge in [0.15, 0.2) is 0 Å². The monoisotopic (exact) mass is 295 g/mol. The third kappa shape index (κ3) is 3.14. The number of nitrogens with one attached hydrogen (secondary N) is 1. The average Bonchev–Trinajstić information content (AvgIpc) is 2.58. The van der Waals surface area contributed by atoms with Crippen molar-refractivity contribution in [1.29, 1.82) is 0 Å². The number of piperidine rings is 1. The van der Waals surface area contributed by atoms with Gasteiger partial charge >= 0.3 is 0 Å². The van der Waals surface area contributed by atoms with Crippen LogP contribution in [0.5, 0.6) is 0 Å². The number of nitrogens with zero attached hydrogens (tertiary/aromatic N) is 1. The number of rotatable bonds is 1. The second-order valence-electron chi connectivity index (χ2n) is 5.57. The number of para-hydroxylation sites is 1. The van der Waals surface area contributed by atoms with Crippen molar-refractivity contribution in [3.63, 3.8) is 0 Å². The van der Waals surface area contributed by atoms with Crippen molar-refractivity contribution in [3.8, 4) is 0 Å². The molecule has 3 N–H and O–H groups in total. The van der Waals surface area contributed by atoms with Gasteiger partial charge in [-0.05, 0) is 37.3 Å². The number of hydrogen-bond donors (Lipinski definition) is 2. The van der Waals surface area contributed by atoms with Gasteiger partial charge in [-0.25, -0.2) is 0 Å². The number of carbonyl (C=O) groups is 1. The average molecular weight is 296 g/mol. The van der Waals surface area contributed by atoms with Crippen LogP contribution in [0.2, 0.25) is 0 Å². The zero-order chi connectivity index (χ0) is 13.2. The number of likely N-dealkylation sites (tertiary alicyclic amines) is 1. The van der Waals surface area contributed by atoms with Gasteiger partial charge in [0.1, 0.15) is 0 Å². The van der Waals surface area contributed by atoms with Gasteiger partial charge in [0, 0.05) is 24.8 Å². The molecule has 1 aromatic carbocycles. The number of aryl methyl sites for hydroxylation is 1. The van der Waals surface area contributed by atoms with Crippen LogP contribution in [0.3, 0.4) is 0 Å². The number of fused-ring (bicyclic) bond motifs is 1. The first-order chi connectivity index (χ1) is 9.24. The summed E-state index contributed by atoms with van der Waals surface area (Å²) in [6.45, 7) is 1.88. The first-order valence-electron chi connectivity index (χ1n) is 7.12. The molecule has 1 atom stereocenters. The maximum Gasteiger partial charge on any atom is 0.241 e. The summed E-state index contributed by atoms with van der Waals surface area (Å²) in [6, 6.07) is 8.40. The molecule has 2 aliphatic rings. The van der Waals surface area contributed by atoms with Gasteiger partial charge in [0.05, 0.1) is 6.04 Å². The molecule has 20 heavy (non-hydrogen) atoms. The van der Waals surface area contributed by atoms with E-state index in [1.54, 1.807) is 0 Å². The SMILES string of the molecule is Cl.NC1CCN(C2CCc3ccccc3NC2=O)CC1. The van der Waals surface area contributed by atoms with Crippen LogP contribution in [-0.4, -0.2) is 36.0 Å². The van der Waals surface area contributed by atoms with Crippen LogP contribution in [0.1, 0.15) is 24.8 Å². The lowest BCUT2D eigenvalue weighted by Crippen LogP contribution is -2.49. The number of amides is 1. The number of nitrogens with two attached hydrogens (primary N) is 1. The zero-order valence-electron chi connectivity index (χ0n) is 11.5. The van der Waals surface area contributed by atoms with Crippen molar-refractivity contribution in [1.82, 2.24) is 4.90 Å². The molecule has 0 bridgehead atoms. The van der Waals surface area contributed by atoms with E-state index in [2.05, 4.69) is 16.3 Å². The number of anilines is 1. The molecule has 4 nitrogen and oxygen atoms in total. The molecule has 110 valence electrons. The maximum absolute atomic E-state index is 12.4. The predicted octanol–water partition coefficient (Wildman–Crippen LogP) is 1.78. The molecule has 0 saturated carbocycles. The number of benzene rings is 1. The summed E-state index contributed by atoms with van der Waals surface area (Å²) in [5.41, 5.74) is 8.15. The summed E-state index contributed by atoms with van der Waals surface area (Å²) >= 11 is 0. The van der Waals surface area contributed by atoms with Crippen LogP contribution in [0.4, 0.5) is 5.69 Å². The molecule has 0 spiro atoms. The van der Waals surface area contributed by atoms with Crippen molar-refractivity contribution >= 4 is 24.0 Å². The second-order valence-corrected chi connectivity index (χ2v) is 5.57. The molecule has 1 unspecified atom stereocenters. The van der Waals surface area contributed by atoms with E-state index in [4.69, 9.17) is 5.73 Å². The van der Waals surface area contributed by atoms with Crippen molar-refractivity contribution < 1.29 is 4.79 Å². The Morgan fingerprint density at radius 1 is 1.15 bits per heavy atom. The molecule has 1 aromatic rings. The van der Waals surface area contributed by atoms with Gasteiger partial charge in [-0.2, -0.15) is 0 Å². The van der Waals surface area contributed by atoms with Crippen LogP contribution in [0, 0.1) is 0 Å². The molecule has 1 fully saturated rings. The summed E-state index contributed by atoms with van der Waals surface area (Å²) < 4.78 is 0. The molecule has 0 aliphatic carbocycles. The Labute approximate surface area is 126 Å². The molecule has 1 saturated heterocycles. The molecular weight excluding hydrogens is 274 g/mol. The van der Waals surface area contributed by atoms with E-state index < -0.39 is 0 Å². The summed E-state index contributed by atoms with van der Waals surface area (Å²) in [7, 11) is 0. The second kappa shape index (κ2) is 6.57. The summed E-state index contributed by atoms with van der Waals surface area (Å²) in [4.78, 5) is 14.7. The first kappa shape index (κ1) is 15.3. The highest BCUT2D eigenvalue weighted by Crippen LogP contribution is 2.25. The summed E-state index contributed by atoms with van der Waals surface area (Å²) in [6.07, 6.45) is 3.85. The molecule has 3 rings (SSSR count). The van der Waals surface area contributed by atoms with Crippen LogP contribution >= 0.6 is 12.4 Å². The number of carbonyl (C=O) groups excluding carboxylic acids is 1. The fourth-order valence-electron chi connectivity index (χ4n) is 3.08. The van der Waals surface area contributed by atoms with Gasteiger partial charge in [0.2, 0.25) is 5.91 Å². The van der Waals surface area contributed by atoms with Gasteiger partial charge in [-0.15, -0.1) is 12.4 Å². The molecule has 0 aromatic heterocycles. The normalized spacial score (nSPS) is 24.2. The topological polar surface area (TPSA) is 58.4 Å². The first-order valence-corrected chi connectivity index (χ1v) is 7.12. The van der Waals surface area contributed by atoms with Crippen molar-refractivity contribution in [3.05, 3.63) is 29.8 Å². The highest BCUT2D eigenvalue weighted by Gasteiger charge is 2.30. The lowest BCUT2D eigenvalue weighted by atomic mass is 10.0. The third-order valence-electron chi connectivity index (χ3n) is 4.28. The Kier molecular flexibility index (Phi) is 5.02. The largest absolute Gasteiger partial charge is 0.328 e. The Morgan fingerprint density at radius 2 is 1.85 bits per heavy atom. The van der Waals surface area contributed by atoms with E-state index in [1.807, 2.05) is 18.2 Å². The molecular formula is C15H22ClN3O. The lowest BCUT2D eigenvalue weighted by Gasteiger charge is -2.35. The smallest absolute Gasteiger partial charge is 0.241 e. The van der Waals surface area contributed by atoms with Crippen LogP contribution in [-0.2, 0) is 11.2 Å². The quantitative estimate of drug-likeness (QED) is 0.830. The van der Waals surface area contributed by atoms with Crippen molar-refractivity contribution in [2.24, 2.45) is 5.73 Å². The molecule has 1 amide bonds. The van der Waals surface area contributed by atoms with E-state index in [9.17, 15) is 4.79 Å². The number of halogens is 1. The predicted molar refractivity (Wildman–Crippen MR) is 83.2 cm³/mol. The van der Waals surface area contributed by atoms with Gasteiger partial charge in [-0.3, -0.25) is 9.69 Å². The summed E-state index contributed by atoms with van der Waals surface area (Å²) in [5, 5.41) is 3.07. The van der Waals surface area contributed by atoms with E-state index >= 15 is 0 Å². The fraction of sp³-hybridized carbons (Fsp3) is 0.533. The van der Waals surface area contributed by atoms with Crippen molar-refractivity contribution in [2.45, 2.75) is 37.8 Å². The van der Waals surface area contributed by atoms with Gasteiger partial charge in [0.25, 0.3) is 0 Å². The van der Waals surface area contributed by atoms with E-state index in [-0.39, 0.29) is 24.4 Å². The highest BCUT2D eigenvalue weighted by atomic mass is 35.5. The van der Waals surface area contributed by atoms with Gasteiger partial charge in [-0.1, -0.05) is 18.2 Å². The van der Waals surface area contributed by atoms with E-state index in [1.165, 1.54) is 5.56 Å². The van der Waals surface area contributed by atoms with E-state index in [0.29, 0.717) is 6.04 Å². The molecule has 5 heteroatoms. The maximum atomic E-state index is 12.4. The Balaban J connectivity index is 0.00000147. The Hall–Kier alpha value is -1.10. The van der Waals surface area contributed by atoms with Gasteiger partial charge < -0.3 is 11.1 Å².